The van der Waals surface area contributed by atoms with Gasteiger partial charge in [0.05, 0.1) is 0 Å². The molecule has 0 saturated heterocycles. The van der Waals surface area contributed by atoms with Crippen LogP contribution >= 0.6 is 0 Å². The van der Waals surface area contributed by atoms with Gasteiger partial charge in [-0.2, -0.15) is 31.0 Å². The van der Waals surface area contributed by atoms with Gasteiger partial charge in [-0.25, -0.2) is 0 Å². The van der Waals surface area contributed by atoms with Crippen LogP contribution in [0.4, 0.5) is 0 Å². The zero-order chi connectivity index (χ0) is 26.1. The van der Waals surface area contributed by atoms with Gasteiger partial charge in [0.2, 0.25) is 0 Å². The quantitative estimate of drug-likeness (QED) is 0.284. The number of aryl methyl sites for hydroxylation is 1. The Labute approximate surface area is 343 Å². The molecule has 0 radical (unpaired) electrons. The van der Waals surface area contributed by atoms with E-state index in [0.717, 1.165) is 12.0 Å². The van der Waals surface area contributed by atoms with Gasteiger partial charge < -0.3 is 17.1 Å². The Kier molecular flexibility index (Phi) is 77.9. The summed E-state index contributed by atoms with van der Waals surface area (Å²) in [6.07, 6.45) is 4.92. The van der Waals surface area contributed by atoms with Gasteiger partial charge in [0, 0.05) is 0 Å². The minimum Gasteiger partial charge on any atom is -0.850 e. The molecule has 2 aromatic carbocycles. The summed E-state index contributed by atoms with van der Waals surface area (Å²) >= 11 is 0. The standard InChI is InChI=1S/C7H8.C7H7.2C4H9O.C4H10.C4H9.CH4.2K.2Li/c2*1-7-5-3-2-4-6-7;2*1-4(2,3)5;2*1-3-4-2;;;;;/h2-6H,1H3;2-6H,1H2;2*1-3H3;3-4H2,1-2H3;1,3-4H2,2H3;1H4;;;;/q;3*-1;;-1;;4*+1. The van der Waals surface area contributed by atoms with Gasteiger partial charge >= 0.3 is 140 Å². The van der Waals surface area contributed by atoms with E-state index in [0.29, 0.717) is 0 Å². The molecule has 0 aliphatic heterocycles. The molecule has 0 bridgehead atoms. The molecule has 0 saturated carbocycles. The molecule has 0 amide bonds. The summed E-state index contributed by atoms with van der Waals surface area (Å²) in [5, 5.41) is 20.2. The molecular formula is C31H56K2Li2O2. The Balaban J connectivity index is -0.0000000359. The second-order valence-electron chi connectivity index (χ2n) is 9.22. The molecule has 0 aromatic heterocycles. The van der Waals surface area contributed by atoms with E-state index < -0.39 is 11.2 Å². The van der Waals surface area contributed by atoms with Crippen molar-refractivity contribution in [2.75, 3.05) is 0 Å². The van der Waals surface area contributed by atoms with E-state index in [1.54, 1.807) is 41.5 Å². The average Bonchev–Trinajstić information content (AvgIpc) is 2.67. The van der Waals surface area contributed by atoms with Crippen LogP contribution in [0.3, 0.4) is 0 Å². The van der Waals surface area contributed by atoms with Crippen LogP contribution in [-0.4, -0.2) is 11.2 Å². The van der Waals surface area contributed by atoms with E-state index in [1.165, 1.54) is 24.8 Å². The van der Waals surface area contributed by atoms with Crippen LogP contribution in [0.15, 0.2) is 60.7 Å². The fraction of sp³-hybridized carbons (Fsp3) is 0.548. The predicted octanol–water partition coefficient (Wildman–Crippen LogP) is -3.77. The van der Waals surface area contributed by atoms with Crippen LogP contribution < -0.4 is 151 Å². The smallest absolute Gasteiger partial charge is 0.850 e. The van der Waals surface area contributed by atoms with Crippen molar-refractivity contribution in [1.29, 1.82) is 0 Å². The average molecular weight is 553 g/mol. The second kappa shape index (κ2) is 45.7. The molecule has 2 nitrogen and oxygen atoms in total. The van der Waals surface area contributed by atoms with Gasteiger partial charge in [-0.05, 0) is 6.92 Å². The van der Waals surface area contributed by atoms with Crippen LogP contribution in [-0.2, 0) is 0 Å². The summed E-state index contributed by atoms with van der Waals surface area (Å²) in [5.74, 6) is 0. The fourth-order valence-corrected chi connectivity index (χ4v) is 1.01. The summed E-state index contributed by atoms with van der Waals surface area (Å²) in [4.78, 5) is 0. The first-order valence-electron chi connectivity index (χ1n) is 11.7. The zero-order valence-corrected chi connectivity index (χ0v) is 33.1. The molecule has 37 heavy (non-hydrogen) atoms. The maximum atomic E-state index is 10.1. The van der Waals surface area contributed by atoms with Gasteiger partial charge in [-0.1, -0.05) is 131 Å². The van der Waals surface area contributed by atoms with E-state index in [4.69, 9.17) is 0 Å². The van der Waals surface area contributed by atoms with Crippen molar-refractivity contribution < 1.29 is 151 Å². The first-order chi connectivity index (χ1) is 14.6. The summed E-state index contributed by atoms with van der Waals surface area (Å²) in [6, 6.07) is 20.1. The van der Waals surface area contributed by atoms with E-state index in [-0.39, 0.29) is 148 Å². The first kappa shape index (κ1) is 63.1. The number of benzene rings is 2. The normalized spacial score (nSPS) is 8.14. The number of unbranched alkanes of at least 4 members (excludes halogenated alkanes) is 2. The summed E-state index contributed by atoms with van der Waals surface area (Å²) in [7, 11) is 0. The van der Waals surface area contributed by atoms with Crippen molar-refractivity contribution in [1.82, 2.24) is 0 Å². The largest absolute Gasteiger partial charge is 1.00 e. The molecule has 0 unspecified atom stereocenters. The van der Waals surface area contributed by atoms with Gasteiger partial charge in [-0.3, -0.25) is 0 Å². The molecule has 2 rings (SSSR count). The van der Waals surface area contributed by atoms with Gasteiger partial charge in [0.25, 0.3) is 0 Å². The van der Waals surface area contributed by atoms with Crippen LogP contribution in [0.25, 0.3) is 0 Å². The molecule has 196 valence electrons. The predicted molar refractivity (Wildman–Crippen MR) is 149 cm³/mol. The van der Waals surface area contributed by atoms with E-state index in [2.05, 4.69) is 53.7 Å². The molecule has 2 aromatic rings. The Morgan fingerprint density at radius 1 is 0.622 bits per heavy atom. The van der Waals surface area contributed by atoms with Crippen LogP contribution in [0.1, 0.15) is 107 Å². The van der Waals surface area contributed by atoms with Crippen molar-refractivity contribution >= 4 is 0 Å². The summed E-state index contributed by atoms with van der Waals surface area (Å²) < 4.78 is 0. The van der Waals surface area contributed by atoms with Crippen molar-refractivity contribution in [3.05, 3.63) is 85.6 Å². The van der Waals surface area contributed by atoms with E-state index in [1.807, 2.05) is 48.5 Å². The van der Waals surface area contributed by atoms with Crippen molar-refractivity contribution in [3.8, 4) is 0 Å². The Bertz CT molecular complexity index is 502. The zero-order valence-electron chi connectivity index (χ0n) is 26.8. The molecule has 0 atom stereocenters. The monoisotopic (exact) mass is 552 g/mol. The molecule has 0 aliphatic carbocycles. The minimum absolute atomic E-state index is 0. The fourth-order valence-electron chi connectivity index (χ4n) is 1.01. The van der Waals surface area contributed by atoms with Crippen molar-refractivity contribution in [2.24, 2.45) is 0 Å². The number of hydrogen-bond acceptors (Lipinski definition) is 2. The number of hydrogen-bond donors (Lipinski definition) is 0. The molecule has 0 aliphatic rings. The van der Waals surface area contributed by atoms with Gasteiger partial charge in [0.1, 0.15) is 0 Å². The van der Waals surface area contributed by atoms with Crippen LogP contribution in [0.5, 0.6) is 0 Å². The minimum atomic E-state index is -0.750. The topological polar surface area (TPSA) is 46.1 Å². The molecular weight excluding hydrogens is 496 g/mol. The SMILES string of the molecule is C.CC(C)(C)[O-].CC(C)(C)[O-].CCCC.Cc1ccccc1.[CH2-]CCC.[CH2-]c1ccccc1.[K+].[K+].[Li+].[Li+]. The third-order valence-corrected chi connectivity index (χ3v) is 2.64. The molecule has 6 heteroatoms. The van der Waals surface area contributed by atoms with Crippen molar-refractivity contribution in [3.63, 3.8) is 0 Å². The Morgan fingerprint density at radius 2 is 0.838 bits per heavy atom. The third-order valence-electron chi connectivity index (χ3n) is 2.64. The summed E-state index contributed by atoms with van der Waals surface area (Å²) in [5.41, 5.74) is 0.894. The number of rotatable bonds is 2. The molecule has 0 N–H and O–H groups in total. The van der Waals surface area contributed by atoms with Crippen LogP contribution in [0.2, 0.25) is 0 Å². The van der Waals surface area contributed by atoms with Gasteiger partial charge in [-0.15, -0.1) is 23.3 Å². The molecule has 0 spiro atoms. The van der Waals surface area contributed by atoms with E-state index >= 15 is 0 Å². The Hall–Kier alpha value is 2.70. The maximum Gasteiger partial charge on any atom is 1.00 e. The maximum absolute atomic E-state index is 10.1. The summed E-state index contributed by atoms with van der Waals surface area (Å²) in [6.45, 7) is 25.7. The third kappa shape index (κ3) is 122. The van der Waals surface area contributed by atoms with Crippen molar-refractivity contribution in [2.45, 2.75) is 114 Å². The molecule has 0 fully saturated rings. The Morgan fingerprint density at radius 3 is 0.919 bits per heavy atom. The first-order valence-corrected chi connectivity index (χ1v) is 11.7. The van der Waals surface area contributed by atoms with Crippen LogP contribution in [0, 0.1) is 20.8 Å². The van der Waals surface area contributed by atoms with E-state index in [9.17, 15) is 10.2 Å². The van der Waals surface area contributed by atoms with Gasteiger partial charge in [0.15, 0.2) is 0 Å². The second-order valence-corrected chi connectivity index (χ2v) is 9.22. The molecule has 0 heterocycles.